The number of anilines is 1. The number of ether oxygens (including phenoxy) is 2. The Labute approximate surface area is 197 Å². The fourth-order valence-corrected chi connectivity index (χ4v) is 4.96. The summed E-state index contributed by atoms with van der Waals surface area (Å²) in [5.41, 5.74) is -0.599. The number of halogens is 4. The van der Waals surface area contributed by atoms with Crippen molar-refractivity contribution in [2.45, 2.75) is 31.1 Å². The van der Waals surface area contributed by atoms with Gasteiger partial charge in [0.25, 0.3) is 10.0 Å². The van der Waals surface area contributed by atoms with E-state index in [0.717, 1.165) is 26.4 Å². The van der Waals surface area contributed by atoms with Crippen molar-refractivity contribution in [1.29, 1.82) is 0 Å². The van der Waals surface area contributed by atoms with Crippen LogP contribution in [0.1, 0.15) is 30.8 Å². The molecule has 12 heteroatoms. The Bertz CT molecular complexity index is 1250. The lowest BCUT2D eigenvalue weighted by Gasteiger charge is -2.17. The van der Waals surface area contributed by atoms with E-state index in [9.17, 15) is 17.2 Å². The second kappa shape index (κ2) is 10.2. The molecule has 0 spiro atoms. The third-order valence-corrected chi connectivity index (χ3v) is 6.79. The Hall–Kier alpha value is -2.41. The predicted octanol–water partition coefficient (Wildman–Crippen LogP) is 5.50. The lowest BCUT2D eigenvalue weighted by molar-refractivity contribution is -0.0113. The molecule has 2 unspecified atom stereocenters. The maximum absolute atomic E-state index is 15.3. The lowest BCUT2D eigenvalue weighted by Crippen LogP contribution is -2.18. The van der Waals surface area contributed by atoms with Gasteiger partial charge in [0, 0.05) is 43.7 Å². The van der Waals surface area contributed by atoms with E-state index < -0.39 is 39.1 Å². The average Bonchev–Trinajstić information content (AvgIpc) is 3.19. The minimum absolute atomic E-state index is 0.0479. The largest absolute Gasteiger partial charge is 0.348 e. The molecule has 1 heterocycles. The Morgan fingerprint density at radius 1 is 1.15 bits per heavy atom. The highest BCUT2D eigenvalue weighted by Crippen LogP contribution is 2.35. The molecule has 33 heavy (non-hydrogen) atoms. The molecule has 2 aromatic carbocycles. The SMILES string of the molecule is CCn1cc(Br)c(-c2cccc(NS(=O)(=O)c3cc(C(F)OC)ccc3C(F)OC)c2F)n1. The molecule has 178 valence electrons. The van der Waals surface area contributed by atoms with E-state index in [1.54, 1.807) is 10.9 Å². The van der Waals surface area contributed by atoms with E-state index in [1.165, 1.54) is 24.3 Å². The fraction of sp³-hybridized carbons (Fsp3) is 0.286. The van der Waals surface area contributed by atoms with Crippen LogP contribution in [0, 0.1) is 5.82 Å². The van der Waals surface area contributed by atoms with E-state index in [1.807, 2.05) is 6.92 Å². The summed E-state index contributed by atoms with van der Waals surface area (Å²) in [6.07, 6.45) is -2.39. The van der Waals surface area contributed by atoms with E-state index >= 15 is 4.39 Å². The highest BCUT2D eigenvalue weighted by atomic mass is 79.9. The summed E-state index contributed by atoms with van der Waals surface area (Å²) >= 11 is 3.32. The number of rotatable bonds is 9. The molecule has 0 saturated carbocycles. The van der Waals surface area contributed by atoms with Gasteiger partial charge in [0.05, 0.1) is 15.1 Å². The van der Waals surface area contributed by atoms with Crippen LogP contribution in [-0.2, 0) is 26.0 Å². The molecule has 0 aliphatic heterocycles. The molecule has 0 saturated heterocycles. The second-order valence-electron chi connectivity index (χ2n) is 6.85. The van der Waals surface area contributed by atoms with Gasteiger partial charge in [-0.3, -0.25) is 9.40 Å². The standard InChI is InChI=1S/C21H21BrF3N3O4S/c1-4-28-11-15(22)19(26-28)14-6-5-7-16(18(14)23)27-33(29,30)17-10-12(20(24)31-2)8-9-13(17)21(25)32-3/h5-11,20-21,27H,4H2,1-3H3. The number of aromatic nitrogens is 2. The zero-order valence-electron chi connectivity index (χ0n) is 17.9. The minimum Gasteiger partial charge on any atom is -0.348 e. The Kier molecular flexibility index (Phi) is 7.83. The summed E-state index contributed by atoms with van der Waals surface area (Å²) in [5.74, 6) is -0.885. The molecule has 0 amide bonds. The van der Waals surface area contributed by atoms with Crippen LogP contribution in [0.4, 0.5) is 18.9 Å². The van der Waals surface area contributed by atoms with E-state index in [4.69, 9.17) is 0 Å². The van der Waals surface area contributed by atoms with Gasteiger partial charge in [-0.05, 0) is 41.1 Å². The van der Waals surface area contributed by atoms with Gasteiger partial charge >= 0.3 is 0 Å². The molecule has 0 aliphatic rings. The highest BCUT2D eigenvalue weighted by molar-refractivity contribution is 9.10. The van der Waals surface area contributed by atoms with E-state index in [-0.39, 0.29) is 22.4 Å². The molecule has 1 N–H and O–H groups in total. The number of aryl methyl sites for hydroxylation is 1. The summed E-state index contributed by atoms with van der Waals surface area (Å²) in [7, 11) is -2.42. The van der Waals surface area contributed by atoms with Crippen molar-refractivity contribution in [2.75, 3.05) is 18.9 Å². The maximum Gasteiger partial charge on any atom is 0.262 e. The average molecular weight is 548 g/mol. The number of hydrogen-bond donors (Lipinski definition) is 1. The van der Waals surface area contributed by atoms with Gasteiger partial charge < -0.3 is 9.47 Å². The van der Waals surface area contributed by atoms with Gasteiger partial charge in [-0.2, -0.15) is 5.10 Å². The highest BCUT2D eigenvalue weighted by Gasteiger charge is 2.27. The predicted molar refractivity (Wildman–Crippen MR) is 120 cm³/mol. The third kappa shape index (κ3) is 5.24. The second-order valence-corrected chi connectivity index (χ2v) is 9.36. The molecule has 0 bridgehead atoms. The zero-order valence-corrected chi connectivity index (χ0v) is 20.3. The number of benzene rings is 2. The van der Waals surface area contributed by atoms with Gasteiger partial charge in [0.15, 0.2) is 5.82 Å². The van der Waals surface area contributed by atoms with Crippen LogP contribution in [0.2, 0.25) is 0 Å². The van der Waals surface area contributed by atoms with Crippen molar-refractivity contribution in [2.24, 2.45) is 0 Å². The normalized spacial score (nSPS) is 13.7. The number of sulfonamides is 1. The Balaban J connectivity index is 2.07. The maximum atomic E-state index is 15.3. The molecule has 1 aromatic heterocycles. The van der Waals surface area contributed by atoms with Crippen molar-refractivity contribution in [3.05, 3.63) is 64.0 Å². The summed E-state index contributed by atoms with van der Waals surface area (Å²) < 4.78 is 83.3. The molecule has 0 radical (unpaired) electrons. The minimum atomic E-state index is -4.56. The van der Waals surface area contributed by atoms with Gasteiger partial charge in [-0.25, -0.2) is 21.6 Å². The topological polar surface area (TPSA) is 82.5 Å². The Morgan fingerprint density at radius 2 is 1.85 bits per heavy atom. The summed E-state index contributed by atoms with van der Waals surface area (Å²) in [6.45, 7) is 2.41. The number of nitrogens with one attached hydrogen (secondary N) is 1. The monoisotopic (exact) mass is 547 g/mol. The van der Waals surface area contributed by atoms with Crippen LogP contribution < -0.4 is 4.72 Å². The molecule has 2 atom stereocenters. The van der Waals surface area contributed by atoms with Crippen molar-refractivity contribution in [3.8, 4) is 11.3 Å². The van der Waals surface area contributed by atoms with Crippen LogP contribution in [0.3, 0.4) is 0 Å². The molecular formula is C21H21BrF3N3O4S. The first-order valence-electron chi connectivity index (χ1n) is 9.65. The fourth-order valence-electron chi connectivity index (χ4n) is 3.11. The van der Waals surface area contributed by atoms with Crippen LogP contribution >= 0.6 is 15.9 Å². The number of nitrogens with zero attached hydrogens (tertiary/aromatic N) is 2. The van der Waals surface area contributed by atoms with E-state index in [0.29, 0.717) is 11.0 Å². The van der Waals surface area contributed by atoms with Crippen molar-refractivity contribution >= 4 is 31.6 Å². The molecule has 0 fully saturated rings. The zero-order chi connectivity index (χ0) is 24.3. The number of alkyl halides is 2. The van der Waals surface area contributed by atoms with Gasteiger partial charge in [0.2, 0.25) is 12.7 Å². The first-order valence-corrected chi connectivity index (χ1v) is 11.9. The molecule has 3 aromatic rings. The van der Waals surface area contributed by atoms with E-state index in [2.05, 4.69) is 35.2 Å². The Morgan fingerprint density at radius 3 is 2.45 bits per heavy atom. The first-order chi connectivity index (χ1) is 15.6. The van der Waals surface area contributed by atoms with Crippen molar-refractivity contribution in [3.63, 3.8) is 0 Å². The van der Waals surface area contributed by atoms with Crippen molar-refractivity contribution in [1.82, 2.24) is 9.78 Å². The lowest BCUT2D eigenvalue weighted by atomic mass is 10.1. The molecule has 0 aliphatic carbocycles. The summed E-state index contributed by atoms with van der Waals surface area (Å²) in [6, 6.07) is 7.27. The van der Waals surface area contributed by atoms with Crippen molar-refractivity contribution < 1.29 is 31.1 Å². The molecule has 3 rings (SSSR count). The van der Waals surface area contributed by atoms with Gasteiger partial charge in [-0.1, -0.05) is 18.2 Å². The number of hydrogen-bond acceptors (Lipinski definition) is 5. The first kappa shape index (κ1) is 25.2. The third-order valence-electron chi connectivity index (χ3n) is 4.79. The van der Waals surface area contributed by atoms with Crippen LogP contribution in [0.15, 0.2) is 52.0 Å². The van der Waals surface area contributed by atoms with Gasteiger partial charge in [0.1, 0.15) is 5.69 Å². The van der Waals surface area contributed by atoms with Crippen LogP contribution in [0.25, 0.3) is 11.3 Å². The molecule has 7 nitrogen and oxygen atoms in total. The van der Waals surface area contributed by atoms with Gasteiger partial charge in [-0.15, -0.1) is 0 Å². The summed E-state index contributed by atoms with van der Waals surface area (Å²) in [4.78, 5) is -0.615. The number of methoxy groups -OCH3 is 2. The smallest absolute Gasteiger partial charge is 0.262 e. The molecular weight excluding hydrogens is 527 g/mol. The van der Waals surface area contributed by atoms with Crippen LogP contribution in [0.5, 0.6) is 0 Å². The quantitative estimate of drug-likeness (QED) is 0.382. The van der Waals surface area contributed by atoms with Crippen LogP contribution in [-0.4, -0.2) is 32.4 Å². The summed E-state index contributed by atoms with van der Waals surface area (Å²) in [5, 5.41) is 4.27.